The molecular formula is C13H16BrN3O3. The molecule has 1 aliphatic heterocycles. The van der Waals surface area contributed by atoms with E-state index < -0.39 is 4.92 Å². The van der Waals surface area contributed by atoms with Gasteiger partial charge in [0.15, 0.2) is 0 Å². The average molecular weight is 342 g/mol. The Morgan fingerprint density at radius 2 is 2.35 bits per heavy atom. The topological polar surface area (TPSA) is 75.5 Å². The minimum Gasteiger partial charge on any atom is -0.350 e. The van der Waals surface area contributed by atoms with E-state index in [9.17, 15) is 14.9 Å². The van der Waals surface area contributed by atoms with Crippen molar-refractivity contribution in [2.24, 2.45) is 0 Å². The lowest BCUT2D eigenvalue weighted by Crippen LogP contribution is -2.38. The molecule has 6 nitrogen and oxygen atoms in total. The largest absolute Gasteiger partial charge is 0.350 e. The first kappa shape index (κ1) is 14.9. The van der Waals surface area contributed by atoms with Gasteiger partial charge in [-0.05, 0) is 48.4 Å². The molecule has 1 saturated heterocycles. The van der Waals surface area contributed by atoms with Crippen LogP contribution in [0.3, 0.4) is 0 Å². The van der Waals surface area contributed by atoms with Crippen molar-refractivity contribution in [1.29, 1.82) is 0 Å². The third kappa shape index (κ3) is 3.16. The Hall–Kier alpha value is -1.47. The van der Waals surface area contributed by atoms with Gasteiger partial charge in [-0.15, -0.1) is 0 Å². The zero-order valence-corrected chi connectivity index (χ0v) is 12.7. The average Bonchev–Trinajstić information content (AvgIpc) is 2.81. The number of hydrogen-bond donors (Lipinski definition) is 1. The second kappa shape index (κ2) is 6.32. The molecule has 2 rings (SSSR count). The summed E-state index contributed by atoms with van der Waals surface area (Å²) in [6, 6.07) is 4.80. The van der Waals surface area contributed by atoms with Crippen molar-refractivity contribution >= 4 is 27.5 Å². The Labute approximate surface area is 125 Å². The molecule has 0 bridgehead atoms. The number of carbonyl (C=O) groups is 1. The summed E-state index contributed by atoms with van der Waals surface area (Å²) in [6.07, 6.45) is 2.20. The maximum atomic E-state index is 12.1. The maximum absolute atomic E-state index is 12.1. The fourth-order valence-corrected chi connectivity index (χ4v) is 2.97. The monoisotopic (exact) mass is 341 g/mol. The number of hydrogen-bond acceptors (Lipinski definition) is 4. The van der Waals surface area contributed by atoms with Crippen molar-refractivity contribution in [1.82, 2.24) is 10.2 Å². The van der Waals surface area contributed by atoms with Crippen LogP contribution in [0.1, 0.15) is 23.2 Å². The van der Waals surface area contributed by atoms with Crippen LogP contribution in [0, 0.1) is 10.1 Å². The first-order chi connectivity index (χ1) is 9.50. The predicted octanol–water partition coefficient (Wildman–Crippen LogP) is 2.18. The molecule has 1 atom stereocenters. The molecule has 0 spiro atoms. The van der Waals surface area contributed by atoms with Gasteiger partial charge in [0, 0.05) is 18.7 Å². The molecule has 1 aromatic rings. The lowest BCUT2D eigenvalue weighted by Gasteiger charge is -2.19. The van der Waals surface area contributed by atoms with E-state index in [0.29, 0.717) is 18.2 Å². The Balaban J connectivity index is 2.06. The van der Waals surface area contributed by atoms with Crippen LogP contribution in [0.25, 0.3) is 0 Å². The van der Waals surface area contributed by atoms with Gasteiger partial charge in [-0.3, -0.25) is 14.9 Å². The van der Waals surface area contributed by atoms with E-state index in [1.54, 1.807) is 6.07 Å². The number of carbonyl (C=O) groups excluding carboxylic acids is 1. The summed E-state index contributed by atoms with van der Waals surface area (Å²) in [4.78, 5) is 24.7. The molecule has 1 aromatic carbocycles. The van der Waals surface area contributed by atoms with Crippen LogP contribution in [-0.4, -0.2) is 41.9 Å². The predicted molar refractivity (Wildman–Crippen MR) is 78.8 cm³/mol. The smallest absolute Gasteiger partial charge is 0.284 e. The summed E-state index contributed by atoms with van der Waals surface area (Å²) in [5.41, 5.74) is 0.190. The number of likely N-dealkylation sites (tertiary alicyclic amines) is 1. The summed E-state index contributed by atoms with van der Waals surface area (Å²) < 4.78 is 0.224. The first-order valence-corrected chi connectivity index (χ1v) is 7.21. The molecular weight excluding hydrogens is 326 g/mol. The highest BCUT2D eigenvalue weighted by Crippen LogP contribution is 2.28. The second-order valence-electron chi connectivity index (χ2n) is 4.88. The number of nitrogens with zero attached hydrogens (tertiary/aromatic N) is 2. The molecule has 1 heterocycles. The lowest BCUT2D eigenvalue weighted by atomic mass is 10.1. The SMILES string of the molecule is CN1CCCC1CNC(=O)c1cccc([N+](=O)[O-])c1Br. The highest BCUT2D eigenvalue weighted by atomic mass is 79.9. The number of nitrogens with one attached hydrogen (secondary N) is 1. The summed E-state index contributed by atoms with van der Waals surface area (Å²) in [6.45, 7) is 1.60. The number of nitro groups is 1. The molecule has 20 heavy (non-hydrogen) atoms. The van der Waals surface area contributed by atoms with Gasteiger partial charge >= 0.3 is 0 Å². The number of rotatable bonds is 4. The van der Waals surface area contributed by atoms with E-state index in [1.165, 1.54) is 12.1 Å². The molecule has 7 heteroatoms. The van der Waals surface area contributed by atoms with E-state index in [2.05, 4.69) is 26.1 Å². The van der Waals surface area contributed by atoms with Gasteiger partial charge < -0.3 is 10.2 Å². The molecule has 0 saturated carbocycles. The molecule has 1 amide bonds. The van der Waals surface area contributed by atoms with Crippen LogP contribution < -0.4 is 5.32 Å². The van der Waals surface area contributed by atoms with Gasteiger partial charge in [0.25, 0.3) is 11.6 Å². The van der Waals surface area contributed by atoms with Crippen LogP contribution in [0.4, 0.5) is 5.69 Å². The third-order valence-electron chi connectivity index (χ3n) is 3.59. The van der Waals surface area contributed by atoms with Crippen LogP contribution in [-0.2, 0) is 0 Å². The lowest BCUT2D eigenvalue weighted by molar-refractivity contribution is -0.385. The Kier molecular flexibility index (Phi) is 4.72. The zero-order valence-electron chi connectivity index (χ0n) is 11.1. The fourth-order valence-electron chi connectivity index (χ4n) is 2.38. The van der Waals surface area contributed by atoms with E-state index in [0.717, 1.165) is 19.4 Å². The summed E-state index contributed by atoms with van der Waals surface area (Å²) >= 11 is 3.13. The van der Waals surface area contributed by atoms with Gasteiger partial charge in [0.2, 0.25) is 0 Å². The number of benzene rings is 1. The van der Waals surface area contributed by atoms with Crippen molar-refractivity contribution in [2.75, 3.05) is 20.1 Å². The fraction of sp³-hybridized carbons (Fsp3) is 0.462. The summed E-state index contributed by atoms with van der Waals surface area (Å²) in [5, 5.41) is 13.7. The highest BCUT2D eigenvalue weighted by molar-refractivity contribution is 9.10. The Bertz CT molecular complexity index is 536. The second-order valence-corrected chi connectivity index (χ2v) is 5.68. The Morgan fingerprint density at radius 3 is 2.95 bits per heavy atom. The normalized spacial score (nSPS) is 19.0. The van der Waals surface area contributed by atoms with Gasteiger partial charge in [-0.25, -0.2) is 0 Å². The number of amides is 1. The summed E-state index contributed by atoms with van der Waals surface area (Å²) in [7, 11) is 2.03. The van der Waals surface area contributed by atoms with Gasteiger partial charge in [-0.1, -0.05) is 6.07 Å². The van der Waals surface area contributed by atoms with E-state index in [1.807, 2.05) is 7.05 Å². The number of nitro benzene ring substituents is 1. The third-order valence-corrected chi connectivity index (χ3v) is 4.42. The van der Waals surface area contributed by atoms with E-state index in [-0.39, 0.29) is 16.1 Å². The quantitative estimate of drug-likeness (QED) is 0.672. The van der Waals surface area contributed by atoms with Crippen molar-refractivity contribution < 1.29 is 9.72 Å². The van der Waals surface area contributed by atoms with Crippen LogP contribution in [0.2, 0.25) is 0 Å². The molecule has 1 N–H and O–H groups in total. The minimum atomic E-state index is -0.508. The van der Waals surface area contributed by atoms with E-state index in [4.69, 9.17) is 0 Å². The van der Waals surface area contributed by atoms with Crippen molar-refractivity contribution in [3.63, 3.8) is 0 Å². The molecule has 0 radical (unpaired) electrons. The van der Waals surface area contributed by atoms with Gasteiger partial charge in [-0.2, -0.15) is 0 Å². The molecule has 108 valence electrons. The minimum absolute atomic E-state index is 0.101. The first-order valence-electron chi connectivity index (χ1n) is 6.42. The van der Waals surface area contributed by atoms with E-state index >= 15 is 0 Å². The molecule has 1 aliphatic rings. The van der Waals surface area contributed by atoms with Crippen LogP contribution in [0.5, 0.6) is 0 Å². The standard InChI is InChI=1S/C13H16BrN3O3/c1-16-7-3-4-9(16)8-15-13(18)10-5-2-6-11(12(10)14)17(19)20/h2,5-6,9H,3-4,7-8H2,1H3,(H,15,18). The van der Waals surface area contributed by atoms with Crippen molar-refractivity contribution in [3.05, 3.63) is 38.3 Å². The van der Waals surface area contributed by atoms with Crippen LogP contribution in [0.15, 0.2) is 22.7 Å². The number of halogens is 1. The highest BCUT2D eigenvalue weighted by Gasteiger charge is 2.23. The zero-order chi connectivity index (χ0) is 14.7. The number of likely N-dealkylation sites (N-methyl/N-ethyl adjacent to an activating group) is 1. The Morgan fingerprint density at radius 1 is 1.60 bits per heavy atom. The van der Waals surface area contributed by atoms with Crippen LogP contribution >= 0.6 is 15.9 Å². The van der Waals surface area contributed by atoms with Gasteiger partial charge in [0.05, 0.1) is 10.5 Å². The van der Waals surface area contributed by atoms with Crippen molar-refractivity contribution in [3.8, 4) is 0 Å². The molecule has 0 aliphatic carbocycles. The molecule has 0 aromatic heterocycles. The van der Waals surface area contributed by atoms with Crippen molar-refractivity contribution in [2.45, 2.75) is 18.9 Å². The summed E-state index contributed by atoms with van der Waals surface area (Å²) in [5.74, 6) is -0.291. The molecule has 1 fully saturated rings. The van der Waals surface area contributed by atoms with Gasteiger partial charge in [0.1, 0.15) is 4.47 Å². The molecule has 1 unspecified atom stereocenters. The maximum Gasteiger partial charge on any atom is 0.284 e.